The third-order valence-electron chi connectivity index (χ3n) is 5.04. The van der Waals surface area contributed by atoms with Crippen molar-refractivity contribution in [1.29, 1.82) is 0 Å². The predicted octanol–water partition coefficient (Wildman–Crippen LogP) is 4.87. The van der Waals surface area contributed by atoms with Crippen LogP contribution in [0.1, 0.15) is 38.8 Å². The number of esters is 1. The van der Waals surface area contributed by atoms with E-state index in [-0.39, 0.29) is 12.5 Å². The molecule has 0 bridgehead atoms. The van der Waals surface area contributed by atoms with Crippen molar-refractivity contribution in [1.82, 2.24) is 14.8 Å². The lowest BCUT2D eigenvalue weighted by atomic mass is 10.1. The molecule has 0 aliphatic rings. The van der Waals surface area contributed by atoms with Crippen LogP contribution in [0.3, 0.4) is 0 Å². The van der Waals surface area contributed by atoms with Gasteiger partial charge in [-0.25, -0.2) is 4.79 Å². The molecule has 30 heavy (non-hydrogen) atoms. The highest BCUT2D eigenvalue weighted by Crippen LogP contribution is 2.21. The van der Waals surface area contributed by atoms with E-state index in [0.29, 0.717) is 18.0 Å². The Morgan fingerprint density at radius 1 is 1.00 bits per heavy atom. The topological polar surface area (TPSA) is 70.2 Å². The number of carbonyl (C=O) groups is 1. The zero-order valence-corrected chi connectivity index (χ0v) is 17.3. The Balaban J connectivity index is 1.44. The fourth-order valence-corrected chi connectivity index (χ4v) is 3.43. The number of ether oxygens (including phenoxy) is 1. The summed E-state index contributed by atoms with van der Waals surface area (Å²) in [4.78, 5) is 12.7. The Morgan fingerprint density at radius 2 is 1.80 bits per heavy atom. The van der Waals surface area contributed by atoms with Crippen LogP contribution < -0.4 is 0 Å². The molecule has 0 aliphatic carbocycles. The number of rotatable bonds is 6. The molecule has 4 rings (SSSR count). The van der Waals surface area contributed by atoms with Crippen molar-refractivity contribution in [3.05, 3.63) is 94.6 Å². The summed E-state index contributed by atoms with van der Waals surface area (Å²) in [5.41, 5.74) is 5.53. The van der Waals surface area contributed by atoms with E-state index in [9.17, 15) is 4.79 Å². The van der Waals surface area contributed by atoms with Gasteiger partial charge in [0.2, 0.25) is 5.89 Å². The van der Waals surface area contributed by atoms with E-state index in [1.54, 1.807) is 0 Å². The molecule has 0 fully saturated rings. The summed E-state index contributed by atoms with van der Waals surface area (Å²) in [6.45, 7) is 6.54. The van der Waals surface area contributed by atoms with E-state index >= 15 is 0 Å². The number of aryl methyl sites for hydroxylation is 2. The van der Waals surface area contributed by atoms with Crippen LogP contribution in [-0.4, -0.2) is 20.7 Å². The van der Waals surface area contributed by atoms with Crippen molar-refractivity contribution in [3.8, 4) is 11.5 Å². The van der Waals surface area contributed by atoms with E-state index in [0.717, 1.165) is 22.5 Å². The van der Waals surface area contributed by atoms with Crippen LogP contribution >= 0.6 is 0 Å². The molecule has 0 unspecified atom stereocenters. The minimum atomic E-state index is -0.405. The maximum atomic E-state index is 12.7. The van der Waals surface area contributed by atoms with Gasteiger partial charge in [0.1, 0.15) is 0 Å². The number of hydrogen-bond donors (Lipinski definition) is 0. The fraction of sp³-hybridized carbons (Fsp3) is 0.208. The van der Waals surface area contributed by atoms with Gasteiger partial charge in [0, 0.05) is 23.5 Å². The molecule has 2 aromatic heterocycles. The van der Waals surface area contributed by atoms with Crippen molar-refractivity contribution in [2.75, 3.05) is 0 Å². The summed E-state index contributed by atoms with van der Waals surface area (Å²) in [6, 6.07) is 19.8. The van der Waals surface area contributed by atoms with Gasteiger partial charge in [-0.15, -0.1) is 10.2 Å². The fourth-order valence-electron chi connectivity index (χ4n) is 3.43. The van der Waals surface area contributed by atoms with Gasteiger partial charge in [-0.05, 0) is 44.5 Å². The molecule has 0 N–H and O–H groups in total. The third-order valence-corrected chi connectivity index (χ3v) is 5.04. The summed E-state index contributed by atoms with van der Waals surface area (Å²) in [7, 11) is 0. The molecule has 4 aromatic rings. The molecule has 0 saturated heterocycles. The highest BCUT2D eigenvalue weighted by atomic mass is 16.5. The van der Waals surface area contributed by atoms with Crippen molar-refractivity contribution in [3.63, 3.8) is 0 Å². The van der Waals surface area contributed by atoms with Gasteiger partial charge < -0.3 is 13.7 Å². The standard InChI is InChI=1S/C24H23N3O3/c1-16-8-7-11-20(12-16)23-26-25-22(30-23)15-29-24(28)21-13-17(2)27(18(21)3)14-19-9-5-4-6-10-19/h4-13H,14-15H2,1-3H3. The Morgan fingerprint density at radius 3 is 2.57 bits per heavy atom. The number of carbonyl (C=O) groups excluding carboxylic acids is 1. The van der Waals surface area contributed by atoms with Crippen molar-refractivity contribution < 1.29 is 13.9 Å². The van der Waals surface area contributed by atoms with Crippen molar-refractivity contribution in [2.24, 2.45) is 0 Å². The van der Waals surface area contributed by atoms with Crippen LogP contribution in [-0.2, 0) is 17.9 Å². The second kappa shape index (κ2) is 8.37. The quantitative estimate of drug-likeness (QED) is 0.431. The van der Waals surface area contributed by atoms with Crippen LogP contribution in [0.15, 0.2) is 65.1 Å². The average Bonchev–Trinajstić information content (AvgIpc) is 3.33. The van der Waals surface area contributed by atoms with Gasteiger partial charge in [0.15, 0.2) is 6.61 Å². The smallest absolute Gasteiger partial charge is 0.340 e. The number of aromatic nitrogens is 3. The normalized spacial score (nSPS) is 10.9. The van der Waals surface area contributed by atoms with Gasteiger partial charge in [-0.1, -0.05) is 48.0 Å². The minimum Gasteiger partial charge on any atom is -0.452 e. The zero-order valence-electron chi connectivity index (χ0n) is 17.3. The predicted molar refractivity (Wildman–Crippen MR) is 113 cm³/mol. The maximum absolute atomic E-state index is 12.7. The monoisotopic (exact) mass is 401 g/mol. The van der Waals surface area contributed by atoms with Crippen LogP contribution in [0.4, 0.5) is 0 Å². The van der Waals surface area contributed by atoms with E-state index < -0.39 is 5.97 Å². The van der Waals surface area contributed by atoms with Crippen LogP contribution in [0.5, 0.6) is 0 Å². The SMILES string of the molecule is Cc1cccc(-c2nnc(COC(=O)c3cc(C)n(Cc4ccccc4)c3C)o2)c1. The molecular formula is C24H23N3O3. The van der Waals surface area contributed by atoms with Gasteiger partial charge in [0.05, 0.1) is 5.56 Å². The highest BCUT2D eigenvalue weighted by Gasteiger charge is 2.18. The summed E-state index contributed by atoms with van der Waals surface area (Å²) >= 11 is 0. The van der Waals surface area contributed by atoms with E-state index in [1.807, 2.05) is 69.3 Å². The van der Waals surface area contributed by atoms with E-state index in [4.69, 9.17) is 9.15 Å². The highest BCUT2D eigenvalue weighted by molar-refractivity contribution is 5.91. The molecule has 2 aromatic carbocycles. The molecule has 6 nitrogen and oxygen atoms in total. The molecule has 6 heteroatoms. The molecule has 0 amide bonds. The second-order valence-corrected chi connectivity index (χ2v) is 7.30. The Labute approximate surface area is 175 Å². The summed E-state index contributed by atoms with van der Waals surface area (Å²) in [6.07, 6.45) is 0. The number of benzene rings is 2. The lowest BCUT2D eigenvalue weighted by Crippen LogP contribution is -2.09. The molecule has 0 saturated carbocycles. The van der Waals surface area contributed by atoms with Crippen LogP contribution in [0.2, 0.25) is 0 Å². The Hall–Kier alpha value is -3.67. The summed E-state index contributed by atoms with van der Waals surface area (Å²) in [5.74, 6) is 0.265. The Bertz CT molecular complexity index is 1180. The van der Waals surface area contributed by atoms with Gasteiger partial charge in [0.25, 0.3) is 5.89 Å². The molecule has 2 heterocycles. The van der Waals surface area contributed by atoms with Crippen molar-refractivity contribution >= 4 is 5.97 Å². The van der Waals surface area contributed by atoms with Gasteiger partial charge in [-0.3, -0.25) is 0 Å². The number of nitrogens with zero attached hydrogens (tertiary/aromatic N) is 3. The molecule has 0 radical (unpaired) electrons. The lowest BCUT2D eigenvalue weighted by molar-refractivity contribution is 0.0437. The molecule has 0 spiro atoms. The first kappa shape index (κ1) is 19.6. The first-order valence-electron chi connectivity index (χ1n) is 9.78. The van der Waals surface area contributed by atoms with Crippen molar-refractivity contribution in [2.45, 2.75) is 33.9 Å². The summed E-state index contributed by atoms with van der Waals surface area (Å²) < 4.78 is 13.2. The van der Waals surface area contributed by atoms with Gasteiger partial charge in [-0.2, -0.15) is 0 Å². The van der Waals surface area contributed by atoms with E-state index in [2.05, 4.69) is 26.9 Å². The first-order chi connectivity index (χ1) is 14.5. The molecule has 152 valence electrons. The minimum absolute atomic E-state index is 0.0694. The van der Waals surface area contributed by atoms with Gasteiger partial charge >= 0.3 is 5.97 Å². The lowest BCUT2D eigenvalue weighted by Gasteiger charge is -2.10. The zero-order chi connectivity index (χ0) is 21.1. The third kappa shape index (κ3) is 4.17. The first-order valence-corrected chi connectivity index (χ1v) is 9.78. The molecule has 0 aliphatic heterocycles. The molecule has 0 atom stereocenters. The largest absolute Gasteiger partial charge is 0.452 e. The maximum Gasteiger partial charge on any atom is 0.340 e. The Kier molecular flexibility index (Phi) is 5.48. The van der Waals surface area contributed by atoms with E-state index in [1.165, 1.54) is 5.56 Å². The molecular weight excluding hydrogens is 378 g/mol. The van der Waals surface area contributed by atoms with Crippen LogP contribution in [0.25, 0.3) is 11.5 Å². The average molecular weight is 401 g/mol. The number of hydrogen-bond acceptors (Lipinski definition) is 5. The van der Waals surface area contributed by atoms with Crippen LogP contribution in [0, 0.1) is 20.8 Å². The summed E-state index contributed by atoms with van der Waals surface area (Å²) in [5, 5.41) is 8.04. The second-order valence-electron chi connectivity index (χ2n) is 7.30.